The highest BCUT2D eigenvalue weighted by Crippen LogP contribution is 2.35. The largest absolute Gasteiger partial charge is 0.327 e. The molecule has 0 saturated heterocycles. The van der Waals surface area contributed by atoms with Gasteiger partial charge < -0.3 is 5.73 Å². The van der Waals surface area contributed by atoms with E-state index in [4.69, 9.17) is 10.8 Å². The second-order valence-electron chi connectivity index (χ2n) is 5.75. The van der Waals surface area contributed by atoms with Crippen molar-refractivity contribution in [3.05, 3.63) is 47.8 Å². The Hall–Kier alpha value is -1.61. The molecule has 2 heterocycles. The van der Waals surface area contributed by atoms with E-state index in [9.17, 15) is 0 Å². The summed E-state index contributed by atoms with van der Waals surface area (Å²) in [5.41, 5.74) is 9.91. The first-order chi connectivity index (χ1) is 9.16. The van der Waals surface area contributed by atoms with Crippen LogP contribution >= 0.6 is 0 Å². The zero-order valence-electron chi connectivity index (χ0n) is 11.6. The molecule has 19 heavy (non-hydrogen) atoms. The number of allylic oxidation sites excluding steroid dienone is 1. The van der Waals surface area contributed by atoms with Gasteiger partial charge in [-0.1, -0.05) is 32.1 Å². The van der Waals surface area contributed by atoms with Gasteiger partial charge in [-0.05, 0) is 30.9 Å². The van der Waals surface area contributed by atoms with Crippen molar-refractivity contribution in [3.63, 3.8) is 0 Å². The van der Waals surface area contributed by atoms with Crippen molar-refractivity contribution in [3.8, 4) is 0 Å². The Labute approximate surface area is 114 Å². The number of nitrogens with zero attached hydrogens (tertiary/aromatic N) is 2. The molecule has 3 rings (SSSR count). The third-order valence-electron chi connectivity index (χ3n) is 3.89. The van der Waals surface area contributed by atoms with Crippen LogP contribution < -0.4 is 5.73 Å². The molecule has 0 spiro atoms. The van der Waals surface area contributed by atoms with Gasteiger partial charge in [0, 0.05) is 23.7 Å². The van der Waals surface area contributed by atoms with Crippen molar-refractivity contribution in [1.29, 1.82) is 0 Å². The summed E-state index contributed by atoms with van der Waals surface area (Å²) in [6, 6.07) is 6.53. The minimum Gasteiger partial charge on any atom is -0.327 e. The van der Waals surface area contributed by atoms with Crippen molar-refractivity contribution >= 4 is 5.52 Å². The Morgan fingerprint density at radius 3 is 2.95 bits per heavy atom. The van der Waals surface area contributed by atoms with Crippen LogP contribution in [0, 0.1) is 0 Å². The van der Waals surface area contributed by atoms with Crippen LogP contribution in [0.15, 0.2) is 36.5 Å². The monoisotopic (exact) mass is 255 g/mol. The lowest BCUT2D eigenvalue weighted by Gasteiger charge is -2.22. The number of nitrogens with two attached hydrogens (primary N) is 1. The van der Waals surface area contributed by atoms with Crippen LogP contribution in [0.25, 0.3) is 5.52 Å². The number of aromatic nitrogens is 2. The van der Waals surface area contributed by atoms with Gasteiger partial charge in [0.1, 0.15) is 0 Å². The van der Waals surface area contributed by atoms with E-state index in [0.717, 1.165) is 12.8 Å². The van der Waals surface area contributed by atoms with E-state index in [1.807, 2.05) is 16.8 Å². The van der Waals surface area contributed by atoms with Gasteiger partial charge in [0.25, 0.3) is 0 Å². The Kier molecular flexibility index (Phi) is 3.15. The molecule has 1 aliphatic rings. The predicted octanol–water partition coefficient (Wildman–Crippen LogP) is 3.22. The molecule has 0 radical (unpaired) electrons. The summed E-state index contributed by atoms with van der Waals surface area (Å²) in [6.45, 7) is 4.41. The summed E-state index contributed by atoms with van der Waals surface area (Å²) < 4.78 is 2.00. The molecule has 0 amide bonds. The fourth-order valence-corrected chi connectivity index (χ4v) is 2.98. The van der Waals surface area contributed by atoms with Gasteiger partial charge in [-0.25, -0.2) is 4.52 Å². The Morgan fingerprint density at radius 2 is 2.21 bits per heavy atom. The van der Waals surface area contributed by atoms with Crippen molar-refractivity contribution in [2.75, 3.05) is 0 Å². The maximum Gasteiger partial charge on any atom is 0.0702 e. The van der Waals surface area contributed by atoms with Crippen molar-refractivity contribution in [2.45, 2.75) is 44.6 Å². The first kappa shape index (κ1) is 12.4. The van der Waals surface area contributed by atoms with Crippen LogP contribution in [0.4, 0.5) is 0 Å². The fraction of sp³-hybridized carbons (Fsp3) is 0.438. The number of fused-ring (bicyclic) bond motifs is 1. The molecule has 3 nitrogen and oxygen atoms in total. The summed E-state index contributed by atoms with van der Waals surface area (Å²) in [6.07, 6.45) is 8.56. The van der Waals surface area contributed by atoms with Crippen LogP contribution in [-0.4, -0.2) is 15.7 Å². The molecule has 0 aromatic carbocycles. The van der Waals surface area contributed by atoms with E-state index in [0.29, 0.717) is 11.8 Å². The fourth-order valence-electron chi connectivity index (χ4n) is 2.98. The number of hydrogen-bond donors (Lipinski definition) is 1. The molecule has 2 aromatic heterocycles. The van der Waals surface area contributed by atoms with E-state index in [1.54, 1.807) is 0 Å². The van der Waals surface area contributed by atoms with Gasteiger partial charge in [-0.3, -0.25) is 0 Å². The zero-order chi connectivity index (χ0) is 13.4. The normalized spacial score (nSPS) is 23.4. The second-order valence-corrected chi connectivity index (χ2v) is 5.75. The van der Waals surface area contributed by atoms with Gasteiger partial charge >= 0.3 is 0 Å². The lowest BCUT2D eigenvalue weighted by molar-refractivity contribution is 0.557. The average Bonchev–Trinajstić information content (AvgIpc) is 2.78. The summed E-state index contributed by atoms with van der Waals surface area (Å²) >= 11 is 0. The quantitative estimate of drug-likeness (QED) is 0.837. The van der Waals surface area contributed by atoms with Gasteiger partial charge in [-0.2, -0.15) is 5.10 Å². The molecular weight excluding hydrogens is 234 g/mol. The van der Waals surface area contributed by atoms with Gasteiger partial charge in [0.05, 0.1) is 11.2 Å². The van der Waals surface area contributed by atoms with Crippen molar-refractivity contribution < 1.29 is 0 Å². The summed E-state index contributed by atoms with van der Waals surface area (Å²) in [5.74, 6) is 0.836. The molecule has 2 N–H and O–H groups in total. The molecule has 2 unspecified atom stereocenters. The predicted molar refractivity (Wildman–Crippen MR) is 78.4 cm³/mol. The maximum atomic E-state index is 6.12. The van der Waals surface area contributed by atoms with Crippen LogP contribution in [0.3, 0.4) is 0 Å². The minimum absolute atomic E-state index is 0.272. The lowest BCUT2D eigenvalue weighted by Crippen LogP contribution is -2.24. The first-order valence-electron chi connectivity index (χ1n) is 7.06. The smallest absolute Gasteiger partial charge is 0.0702 e. The second kappa shape index (κ2) is 4.82. The molecule has 0 aliphatic heterocycles. The summed E-state index contributed by atoms with van der Waals surface area (Å²) in [4.78, 5) is 0. The van der Waals surface area contributed by atoms with Gasteiger partial charge in [0.15, 0.2) is 0 Å². The number of hydrogen-bond acceptors (Lipinski definition) is 2. The SMILES string of the molecule is CC(C)c1nn2ccccc2c1C1C=CCC(N)C1. The van der Waals surface area contributed by atoms with E-state index in [-0.39, 0.29) is 6.04 Å². The molecule has 3 heteroatoms. The Balaban J connectivity index is 2.17. The van der Waals surface area contributed by atoms with Crippen LogP contribution in [0.5, 0.6) is 0 Å². The summed E-state index contributed by atoms with van der Waals surface area (Å²) in [7, 11) is 0. The zero-order valence-corrected chi connectivity index (χ0v) is 11.6. The molecule has 2 aromatic rings. The van der Waals surface area contributed by atoms with E-state index in [1.165, 1.54) is 16.8 Å². The van der Waals surface area contributed by atoms with E-state index >= 15 is 0 Å². The van der Waals surface area contributed by atoms with Gasteiger partial charge in [-0.15, -0.1) is 0 Å². The maximum absolute atomic E-state index is 6.12. The minimum atomic E-state index is 0.272. The van der Waals surface area contributed by atoms with Crippen LogP contribution in [0.2, 0.25) is 0 Å². The van der Waals surface area contributed by atoms with E-state index < -0.39 is 0 Å². The highest BCUT2D eigenvalue weighted by atomic mass is 15.2. The van der Waals surface area contributed by atoms with E-state index in [2.05, 4.69) is 38.1 Å². The highest BCUT2D eigenvalue weighted by molar-refractivity contribution is 5.60. The number of rotatable bonds is 2. The van der Waals surface area contributed by atoms with Gasteiger partial charge in [0.2, 0.25) is 0 Å². The molecule has 2 atom stereocenters. The Morgan fingerprint density at radius 1 is 1.37 bits per heavy atom. The lowest BCUT2D eigenvalue weighted by atomic mass is 9.84. The first-order valence-corrected chi connectivity index (χ1v) is 7.06. The topological polar surface area (TPSA) is 43.3 Å². The Bertz CT molecular complexity index is 609. The molecular formula is C16H21N3. The molecule has 0 saturated carbocycles. The number of pyridine rings is 1. The highest BCUT2D eigenvalue weighted by Gasteiger charge is 2.24. The average molecular weight is 255 g/mol. The molecule has 1 aliphatic carbocycles. The molecule has 100 valence electrons. The molecule has 0 fully saturated rings. The third-order valence-corrected chi connectivity index (χ3v) is 3.89. The standard InChI is InChI=1S/C16H21N3/c1-11(2)16-15(12-6-5-7-13(17)10-12)14-8-3-4-9-19(14)18-16/h3-6,8-9,11-13H,7,10,17H2,1-2H3. The summed E-state index contributed by atoms with van der Waals surface area (Å²) in [5, 5.41) is 4.75. The molecule has 0 bridgehead atoms. The van der Waals surface area contributed by atoms with Crippen LogP contribution in [0.1, 0.15) is 49.8 Å². The third kappa shape index (κ3) is 2.19. The van der Waals surface area contributed by atoms with Crippen molar-refractivity contribution in [1.82, 2.24) is 9.61 Å². The van der Waals surface area contributed by atoms with Crippen molar-refractivity contribution in [2.24, 2.45) is 5.73 Å². The van der Waals surface area contributed by atoms with Crippen LogP contribution in [-0.2, 0) is 0 Å².